The lowest BCUT2D eigenvalue weighted by molar-refractivity contribution is 0.103. The molecule has 0 atom stereocenters. The lowest BCUT2D eigenvalue weighted by atomic mass is 10.3. The van der Waals surface area contributed by atoms with Crippen molar-refractivity contribution in [3.8, 4) is 5.75 Å². The molecular weight excluding hydrogens is 372 g/mol. The van der Waals surface area contributed by atoms with Crippen molar-refractivity contribution < 1.29 is 17.9 Å². The summed E-state index contributed by atoms with van der Waals surface area (Å²) in [5.74, 6) is 0.284. The van der Waals surface area contributed by atoms with Crippen LogP contribution in [0.5, 0.6) is 5.75 Å². The molecule has 1 heterocycles. The highest BCUT2D eigenvalue weighted by molar-refractivity contribution is 7.92. The second-order valence-electron chi connectivity index (χ2n) is 5.26. The van der Waals surface area contributed by atoms with Gasteiger partial charge in [-0.05, 0) is 47.8 Å². The molecule has 1 amide bonds. The van der Waals surface area contributed by atoms with Crippen molar-refractivity contribution in [1.29, 1.82) is 0 Å². The number of carbonyl (C=O) groups excluding carboxylic acids is 1. The topological polar surface area (TPSA) is 84.5 Å². The minimum Gasteiger partial charge on any atom is -0.497 e. The molecule has 2 aromatic carbocycles. The number of carbonyl (C=O) groups is 1. The van der Waals surface area contributed by atoms with Crippen LogP contribution in [0.4, 0.5) is 11.4 Å². The molecule has 0 aliphatic carbocycles. The maximum Gasteiger partial charge on any atom is 0.267 e. The van der Waals surface area contributed by atoms with Crippen molar-refractivity contribution in [3.05, 3.63) is 70.9 Å². The molecule has 134 valence electrons. The Bertz CT molecular complexity index is 997. The molecule has 26 heavy (non-hydrogen) atoms. The van der Waals surface area contributed by atoms with Gasteiger partial charge >= 0.3 is 0 Å². The summed E-state index contributed by atoms with van der Waals surface area (Å²) in [6, 6.07) is 16.4. The molecule has 0 spiro atoms. The molecule has 0 aliphatic rings. The Hall–Kier alpha value is -2.84. The zero-order valence-corrected chi connectivity index (χ0v) is 15.4. The van der Waals surface area contributed by atoms with Gasteiger partial charge in [0, 0.05) is 5.69 Å². The van der Waals surface area contributed by atoms with Crippen LogP contribution in [0.1, 0.15) is 9.67 Å². The Kier molecular flexibility index (Phi) is 5.24. The summed E-state index contributed by atoms with van der Waals surface area (Å²) in [6.07, 6.45) is 0. The van der Waals surface area contributed by atoms with Gasteiger partial charge in [-0.1, -0.05) is 18.2 Å². The Labute approximate surface area is 155 Å². The van der Waals surface area contributed by atoms with E-state index in [0.29, 0.717) is 11.4 Å². The summed E-state index contributed by atoms with van der Waals surface area (Å²) in [6.45, 7) is 0. The maximum absolute atomic E-state index is 12.5. The number of nitrogens with one attached hydrogen (secondary N) is 2. The van der Waals surface area contributed by atoms with Crippen LogP contribution in [0, 0.1) is 0 Å². The summed E-state index contributed by atoms with van der Waals surface area (Å²) in [4.78, 5) is 12.9. The van der Waals surface area contributed by atoms with E-state index in [1.165, 1.54) is 12.1 Å². The first-order chi connectivity index (χ1) is 12.5. The maximum atomic E-state index is 12.5. The van der Waals surface area contributed by atoms with Crippen molar-refractivity contribution in [2.75, 3.05) is 17.1 Å². The zero-order chi connectivity index (χ0) is 18.6. The lowest BCUT2D eigenvalue weighted by Gasteiger charge is -2.10. The molecule has 2 N–H and O–H groups in total. The zero-order valence-electron chi connectivity index (χ0n) is 13.8. The number of hydrogen-bond acceptors (Lipinski definition) is 5. The fourth-order valence-corrected chi connectivity index (χ4v) is 4.13. The molecule has 0 radical (unpaired) electrons. The van der Waals surface area contributed by atoms with E-state index in [0.717, 1.165) is 11.3 Å². The van der Waals surface area contributed by atoms with Crippen LogP contribution in [0.25, 0.3) is 0 Å². The Morgan fingerprint density at radius 3 is 2.35 bits per heavy atom. The number of ether oxygens (including phenoxy) is 1. The van der Waals surface area contributed by atoms with Gasteiger partial charge in [-0.25, -0.2) is 8.42 Å². The monoisotopic (exact) mass is 388 g/mol. The van der Waals surface area contributed by atoms with Crippen molar-refractivity contribution in [1.82, 2.24) is 0 Å². The molecule has 0 saturated heterocycles. The molecule has 0 fully saturated rings. The van der Waals surface area contributed by atoms with E-state index in [1.54, 1.807) is 61.0 Å². The molecule has 8 heteroatoms. The van der Waals surface area contributed by atoms with Crippen LogP contribution in [0.3, 0.4) is 0 Å². The van der Waals surface area contributed by atoms with Crippen LogP contribution in [0.2, 0.25) is 0 Å². The van der Waals surface area contributed by atoms with Crippen molar-refractivity contribution >= 4 is 38.6 Å². The number of benzene rings is 2. The summed E-state index contributed by atoms with van der Waals surface area (Å²) >= 11 is 1.16. The molecular formula is C18H16N2O4S2. The van der Waals surface area contributed by atoms with Gasteiger partial charge in [-0.2, -0.15) is 0 Å². The van der Waals surface area contributed by atoms with E-state index in [-0.39, 0.29) is 15.5 Å². The fraction of sp³-hybridized carbons (Fsp3) is 0.0556. The molecule has 0 saturated carbocycles. The SMILES string of the molecule is COc1ccc(NC(=O)c2sccc2NS(=O)(=O)c2ccccc2)cc1. The number of rotatable bonds is 6. The average Bonchev–Trinajstić information content (AvgIpc) is 3.10. The van der Waals surface area contributed by atoms with Crippen LogP contribution < -0.4 is 14.8 Å². The standard InChI is InChI=1S/C18H16N2O4S2/c1-24-14-9-7-13(8-10-14)19-18(21)17-16(11-12-25-17)20-26(22,23)15-5-3-2-4-6-15/h2-12,20H,1H3,(H,19,21). The smallest absolute Gasteiger partial charge is 0.267 e. The second kappa shape index (κ2) is 7.59. The third kappa shape index (κ3) is 4.04. The predicted octanol–water partition coefficient (Wildman–Crippen LogP) is 3.81. The van der Waals surface area contributed by atoms with Gasteiger partial charge in [0.05, 0.1) is 17.7 Å². The summed E-state index contributed by atoms with van der Waals surface area (Å²) < 4.78 is 32.4. The third-order valence-corrected chi connectivity index (χ3v) is 5.81. The van der Waals surface area contributed by atoms with Crippen LogP contribution in [0.15, 0.2) is 70.9 Å². The summed E-state index contributed by atoms with van der Waals surface area (Å²) in [5, 5.41) is 4.40. The minimum absolute atomic E-state index is 0.132. The number of anilines is 2. The van der Waals surface area contributed by atoms with Gasteiger partial charge in [-0.3, -0.25) is 9.52 Å². The number of methoxy groups -OCH3 is 1. The molecule has 1 aromatic heterocycles. The van der Waals surface area contributed by atoms with E-state index in [2.05, 4.69) is 10.0 Å². The number of amides is 1. The highest BCUT2D eigenvalue weighted by atomic mass is 32.2. The fourth-order valence-electron chi connectivity index (χ4n) is 2.23. The first-order valence-electron chi connectivity index (χ1n) is 7.60. The van der Waals surface area contributed by atoms with E-state index < -0.39 is 15.9 Å². The number of hydrogen-bond donors (Lipinski definition) is 2. The first-order valence-corrected chi connectivity index (χ1v) is 9.96. The van der Waals surface area contributed by atoms with Gasteiger partial charge in [0.2, 0.25) is 0 Å². The minimum atomic E-state index is -3.76. The Morgan fingerprint density at radius 2 is 1.69 bits per heavy atom. The van der Waals surface area contributed by atoms with Gasteiger partial charge < -0.3 is 10.1 Å². The number of thiophene rings is 1. The molecule has 6 nitrogen and oxygen atoms in total. The third-order valence-electron chi connectivity index (χ3n) is 3.52. The van der Waals surface area contributed by atoms with E-state index in [1.807, 2.05) is 0 Å². The molecule has 3 aromatic rings. The summed E-state index contributed by atoms with van der Waals surface area (Å²) in [5.41, 5.74) is 0.825. The van der Waals surface area contributed by atoms with Gasteiger partial charge in [0.15, 0.2) is 0 Å². The van der Waals surface area contributed by atoms with Crippen molar-refractivity contribution in [2.45, 2.75) is 4.90 Å². The summed E-state index contributed by atoms with van der Waals surface area (Å²) in [7, 11) is -2.20. The molecule has 3 rings (SSSR count). The van der Waals surface area contributed by atoms with Gasteiger partial charge in [0.1, 0.15) is 10.6 Å². The lowest BCUT2D eigenvalue weighted by Crippen LogP contribution is -2.17. The quantitative estimate of drug-likeness (QED) is 0.672. The highest BCUT2D eigenvalue weighted by Crippen LogP contribution is 2.26. The van der Waals surface area contributed by atoms with Crippen molar-refractivity contribution in [3.63, 3.8) is 0 Å². The second-order valence-corrected chi connectivity index (χ2v) is 7.86. The van der Waals surface area contributed by atoms with E-state index in [4.69, 9.17) is 4.74 Å². The van der Waals surface area contributed by atoms with Gasteiger partial charge in [0.25, 0.3) is 15.9 Å². The van der Waals surface area contributed by atoms with Crippen molar-refractivity contribution in [2.24, 2.45) is 0 Å². The predicted molar refractivity (Wildman–Crippen MR) is 103 cm³/mol. The van der Waals surface area contributed by atoms with E-state index in [9.17, 15) is 13.2 Å². The largest absolute Gasteiger partial charge is 0.497 e. The number of sulfonamides is 1. The average molecular weight is 388 g/mol. The van der Waals surface area contributed by atoms with Crippen LogP contribution >= 0.6 is 11.3 Å². The first kappa shape index (κ1) is 18.0. The van der Waals surface area contributed by atoms with E-state index >= 15 is 0 Å². The van der Waals surface area contributed by atoms with Gasteiger partial charge in [-0.15, -0.1) is 11.3 Å². The molecule has 0 bridgehead atoms. The Balaban J connectivity index is 1.78. The van der Waals surface area contributed by atoms with Crippen LogP contribution in [-0.4, -0.2) is 21.4 Å². The molecule has 0 aliphatic heterocycles. The highest BCUT2D eigenvalue weighted by Gasteiger charge is 2.20. The molecule has 0 unspecified atom stereocenters. The van der Waals surface area contributed by atoms with Crippen LogP contribution in [-0.2, 0) is 10.0 Å². The Morgan fingerprint density at radius 1 is 1.00 bits per heavy atom. The normalized spacial score (nSPS) is 11.0.